The standard InChI is InChI=1S/C17H21NO5/c1-10-6-5-7-12-11(2)15(23-14(10)12)16(21)18-17(3,9-22-4)8-13(19)20/h5-7H,8-9H2,1-4H3,(H,18,21)(H,19,20). The number of rotatable bonds is 6. The number of benzene rings is 1. The number of ether oxygens (including phenoxy) is 1. The largest absolute Gasteiger partial charge is 0.481 e. The number of aliphatic carboxylic acids is 1. The molecule has 2 aromatic rings. The number of furan rings is 1. The molecule has 1 amide bonds. The Kier molecular flexibility index (Phi) is 4.75. The zero-order chi connectivity index (χ0) is 17.2. The summed E-state index contributed by atoms with van der Waals surface area (Å²) in [5, 5.41) is 12.6. The van der Waals surface area contributed by atoms with Gasteiger partial charge >= 0.3 is 5.97 Å². The van der Waals surface area contributed by atoms with Crippen LogP contribution in [0.25, 0.3) is 11.0 Å². The monoisotopic (exact) mass is 319 g/mol. The van der Waals surface area contributed by atoms with Gasteiger partial charge < -0.3 is 19.6 Å². The van der Waals surface area contributed by atoms with Crippen molar-refractivity contribution in [2.24, 2.45) is 0 Å². The number of hydrogen-bond donors (Lipinski definition) is 2. The third-order valence-electron chi connectivity index (χ3n) is 3.79. The molecule has 2 N–H and O–H groups in total. The Bertz CT molecular complexity index is 749. The summed E-state index contributed by atoms with van der Waals surface area (Å²) in [6.45, 7) is 5.44. The van der Waals surface area contributed by atoms with Crippen LogP contribution in [0.4, 0.5) is 0 Å². The van der Waals surface area contributed by atoms with Crippen LogP contribution in [0.3, 0.4) is 0 Å². The Morgan fingerprint density at radius 2 is 2.04 bits per heavy atom. The van der Waals surface area contributed by atoms with E-state index in [4.69, 9.17) is 14.3 Å². The first kappa shape index (κ1) is 17.0. The number of methoxy groups -OCH3 is 1. The summed E-state index contributed by atoms with van der Waals surface area (Å²) in [5.41, 5.74) is 1.32. The predicted octanol–water partition coefficient (Wildman–Crippen LogP) is 2.66. The fourth-order valence-electron chi connectivity index (χ4n) is 2.72. The number of aryl methyl sites for hydroxylation is 2. The number of nitrogens with one attached hydrogen (secondary N) is 1. The summed E-state index contributed by atoms with van der Waals surface area (Å²) in [6, 6.07) is 5.71. The van der Waals surface area contributed by atoms with Crippen LogP contribution in [0.5, 0.6) is 0 Å². The van der Waals surface area contributed by atoms with E-state index in [1.807, 2.05) is 32.0 Å². The molecule has 6 nitrogen and oxygen atoms in total. The summed E-state index contributed by atoms with van der Waals surface area (Å²) in [7, 11) is 1.46. The molecular formula is C17H21NO5. The molecule has 0 saturated carbocycles. The highest BCUT2D eigenvalue weighted by Gasteiger charge is 2.32. The molecule has 0 radical (unpaired) electrons. The van der Waals surface area contributed by atoms with Gasteiger partial charge in [0.2, 0.25) is 0 Å². The highest BCUT2D eigenvalue weighted by atomic mass is 16.5. The average molecular weight is 319 g/mol. The van der Waals surface area contributed by atoms with Crippen LogP contribution in [0.15, 0.2) is 22.6 Å². The summed E-state index contributed by atoms with van der Waals surface area (Å²) in [5.74, 6) is -1.26. The lowest BCUT2D eigenvalue weighted by Gasteiger charge is -2.28. The summed E-state index contributed by atoms with van der Waals surface area (Å²) in [4.78, 5) is 23.6. The fraction of sp³-hybridized carbons (Fsp3) is 0.412. The van der Waals surface area contributed by atoms with Crippen molar-refractivity contribution in [3.8, 4) is 0 Å². The Balaban J connectivity index is 2.34. The first-order valence-electron chi connectivity index (χ1n) is 7.29. The summed E-state index contributed by atoms with van der Waals surface area (Å²) < 4.78 is 10.8. The van der Waals surface area contributed by atoms with E-state index in [1.165, 1.54) is 7.11 Å². The number of carbonyl (C=O) groups excluding carboxylic acids is 1. The van der Waals surface area contributed by atoms with E-state index >= 15 is 0 Å². The van der Waals surface area contributed by atoms with Gasteiger partial charge in [-0.3, -0.25) is 9.59 Å². The van der Waals surface area contributed by atoms with Crippen LogP contribution in [0, 0.1) is 13.8 Å². The van der Waals surface area contributed by atoms with E-state index in [0.29, 0.717) is 5.58 Å². The molecule has 6 heteroatoms. The van der Waals surface area contributed by atoms with Crippen molar-refractivity contribution in [1.82, 2.24) is 5.32 Å². The maximum absolute atomic E-state index is 12.6. The minimum absolute atomic E-state index is 0.0867. The normalized spacial score (nSPS) is 13.7. The molecule has 124 valence electrons. The molecule has 0 aliphatic carbocycles. The van der Waals surface area contributed by atoms with Gasteiger partial charge in [-0.25, -0.2) is 0 Å². The number of carboxylic acids is 1. The topological polar surface area (TPSA) is 88.8 Å². The van der Waals surface area contributed by atoms with E-state index in [1.54, 1.807) is 6.92 Å². The van der Waals surface area contributed by atoms with Crippen LogP contribution in [0.1, 0.15) is 35.0 Å². The minimum Gasteiger partial charge on any atom is -0.481 e. The first-order chi connectivity index (χ1) is 10.8. The smallest absolute Gasteiger partial charge is 0.305 e. The van der Waals surface area contributed by atoms with Crippen LogP contribution in [0.2, 0.25) is 0 Å². The average Bonchev–Trinajstić information content (AvgIpc) is 2.77. The Labute approximate surface area is 134 Å². The Morgan fingerprint density at radius 1 is 1.35 bits per heavy atom. The molecule has 0 saturated heterocycles. The maximum atomic E-state index is 12.6. The molecule has 0 bridgehead atoms. The van der Waals surface area contributed by atoms with Crippen molar-refractivity contribution in [1.29, 1.82) is 0 Å². The number of amides is 1. The number of carbonyl (C=O) groups is 2. The van der Waals surface area contributed by atoms with Crippen molar-refractivity contribution < 1.29 is 23.8 Å². The van der Waals surface area contributed by atoms with Crippen LogP contribution >= 0.6 is 0 Å². The molecule has 0 aliphatic heterocycles. The molecule has 1 heterocycles. The van der Waals surface area contributed by atoms with Gasteiger partial charge in [-0.05, 0) is 26.3 Å². The number of hydrogen-bond acceptors (Lipinski definition) is 4. The predicted molar refractivity (Wildman–Crippen MR) is 85.7 cm³/mol. The van der Waals surface area contributed by atoms with Gasteiger partial charge in [-0.15, -0.1) is 0 Å². The van der Waals surface area contributed by atoms with Crippen molar-refractivity contribution in [2.45, 2.75) is 32.7 Å². The van der Waals surface area contributed by atoms with Crippen molar-refractivity contribution in [2.75, 3.05) is 13.7 Å². The highest BCUT2D eigenvalue weighted by molar-refractivity contribution is 6.00. The molecule has 1 unspecified atom stereocenters. The SMILES string of the molecule is COCC(C)(CC(=O)O)NC(=O)c1oc2c(C)cccc2c1C. The van der Waals surface area contributed by atoms with E-state index in [-0.39, 0.29) is 18.8 Å². The maximum Gasteiger partial charge on any atom is 0.305 e. The summed E-state index contributed by atoms with van der Waals surface area (Å²) >= 11 is 0. The zero-order valence-corrected chi connectivity index (χ0v) is 13.7. The van der Waals surface area contributed by atoms with E-state index in [2.05, 4.69) is 5.32 Å². The molecule has 1 atom stereocenters. The van der Waals surface area contributed by atoms with Crippen molar-refractivity contribution >= 4 is 22.8 Å². The number of fused-ring (bicyclic) bond motifs is 1. The van der Waals surface area contributed by atoms with Crippen LogP contribution in [-0.4, -0.2) is 36.2 Å². The molecule has 0 fully saturated rings. The number of carboxylic acid groups (broad SMARTS) is 1. The van der Waals surface area contributed by atoms with Crippen molar-refractivity contribution in [3.05, 3.63) is 35.1 Å². The fourth-order valence-corrected chi connectivity index (χ4v) is 2.72. The van der Waals surface area contributed by atoms with Crippen LogP contribution < -0.4 is 5.32 Å². The van der Waals surface area contributed by atoms with Gasteiger partial charge in [0.1, 0.15) is 5.58 Å². The number of para-hydroxylation sites is 1. The summed E-state index contributed by atoms with van der Waals surface area (Å²) in [6.07, 6.45) is -0.245. The molecule has 23 heavy (non-hydrogen) atoms. The molecular weight excluding hydrogens is 298 g/mol. The van der Waals surface area contributed by atoms with Crippen LogP contribution in [-0.2, 0) is 9.53 Å². The molecule has 0 spiro atoms. The van der Waals surface area contributed by atoms with Gasteiger partial charge in [-0.2, -0.15) is 0 Å². The first-order valence-corrected chi connectivity index (χ1v) is 7.29. The lowest BCUT2D eigenvalue weighted by atomic mass is 9.98. The van der Waals surface area contributed by atoms with Gasteiger partial charge in [0.05, 0.1) is 18.6 Å². The van der Waals surface area contributed by atoms with Gasteiger partial charge in [0.15, 0.2) is 5.76 Å². The third-order valence-corrected chi connectivity index (χ3v) is 3.79. The third kappa shape index (κ3) is 3.53. The van der Waals surface area contributed by atoms with Crippen molar-refractivity contribution in [3.63, 3.8) is 0 Å². The molecule has 1 aromatic heterocycles. The highest BCUT2D eigenvalue weighted by Crippen LogP contribution is 2.28. The second kappa shape index (κ2) is 6.42. The van der Waals surface area contributed by atoms with E-state index < -0.39 is 17.4 Å². The molecule has 2 rings (SSSR count). The second-order valence-corrected chi connectivity index (χ2v) is 6.03. The van der Waals surface area contributed by atoms with Gasteiger partial charge in [0, 0.05) is 18.1 Å². The molecule has 1 aromatic carbocycles. The van der Waals surface area contributed by atoms with E-state index in [0.717, 1.165) is 16.5 Å². The molecule has 0 aliphatic rings. The van der Waals surface area contributed by atoms with E-state index in [9.17, 15) is 9.59 Å². The Hall–Kier alpha value is -2.34. The Morgan fingerprint density at radius 3 is 2.61 bits per heavy atom. The lowest BCUT2D eigenvalue weighted by molar-refractivity contribution is -0.139. The second-order valence-electron chi connectivity index (χ2n) is 6.03. The lowest BCUT2D eigenvalue weighted by Crippen LogP contribution is -2.50. The zero-order valence-electron chi connectivity index (χ0n) is 13.7. The quantitative estimate of drug-likeness (QED) is 0.854. The van der Waals surface area contributed by atoms with Gasteiger partial charge in [0.25, 0.3) is 5.91 Å². The van der Waals surface area contributed by atoms with Gasteiger partial charge in [-0.1, -0.05) is 18.2 Å². The minimum atomic E-state index is -1.02.